The molecular formula is C17H23N5O3S. The van der Waals surface area contributed by atoms with Crippen LogP contribution < -0.4 is 20.7 Å². The highest BCUT2D eigenvalue weighted by atomic mass is 32.2. The van der Waals surface area contributed by atoms with Gasteiger partial charge in [0.15, 0.2) is 5.82 Å². The van der Waals surface area contributed by atoms with Crippen LogP contribution in [0.5, 0.6) is 5.88 Å². The minimum absolute atomic E-state index is 0.0815. The summed E-state index contributed by atoms with van der Waals surface area (Å²) in [7, 11) is -3.75. The topological polar surface area (TPSA) is 119 Å². The fraction of sp³-hybridized carbons (Fsp3) is 0.412. The van der Waals surface area contributed by atoms with E-state index in [0.717, 1.165) is 31.2 Å². The smallest absolute Gasteiger partial charge is 0.257 e. The van der Waals surface area contributed by atoms with Crippen LogP contribution in [-0.2, 0) is 10.0 Å². The van der Waals surface area contributed by atoms with Crippen molar-refractivity contribution in [2.75, 3.05) is 11.2 Å². The molecule has 9 heteroatoms. The lowest BCUT2D eigenvalue weighted by Crippen LogP contribution is -2.30. The van der Waals surface area contributed by atoms with Gasteiger partial charge in [0.05, 0.1) is 4.90 Å². The zero-order valence-electron chi connectivity index (χ0n) is 14.6. The van der Waals surface area contributed by atoms with Crippen molar-refractivity contribution < 1.29 is 13.2 Å². The summed E-state index contributed by atoms with van der Waals surface area (Å²) in [4.78, 5) is 10.5. The van der Waals surface area contributed by atoms with Gasteiger partial charge in [-0.05, 0) is 44.7 Å². The van der Waals surface area contributed by atoms with Crippen molar-refractivity contribution in [2.24, 2.45) is 0 Å². The number of hydrazine groups is 1. The molecule has 0 unspecified atom stereocenters. The summed E-state index contributed by atoms with van der Waals surface area (Å²) in [5.74, 6) is 0.422. The number of hydrogen-bond donors (Lipinski definition) is 3. The van der Waals surface area contributed by atoms with E-state index in [1.807, 2.05) is 6.92 Å². The second-order valence-electron chi connectivity index (χ2n) is 6.36. The number of aromatic nitrogens is 2. The Morgan fingerprint density at radius 1 is 1.12 bits per heavy atom. The molecule has 140 valence electrons. The van der Waals surface area contributed by atoms with E-state index in [0.29, 0.717) is 0 Å². The van der Waals surface area contributed by atoms with Crippen LogP contribution in [0, 0.1) is 6.92 Å². The lowest BCUT2D eigenvalue weighted by atomic mass is 9.98. The largest absolute Gasteiger partial charge is 0.473 e. The van der Waals surface area contributed by atoms with Crippen LogP contribution in [-0.4, -0.2) is 24.5 Å². The molecule has 4 N–H and O–H groups in total. The number of benzene rings is 1. The third kappa shape index (κ3) is 4.41. The molecule has 0 bridgehead atoms. The first-order valence-electron chi connectivity index (χ1n) is 8.57. The van der Waals surface area contributed by atoms with Crippen LogP contribution in [0.4, 0.5) is 11.5 Å². The van der Waals surface area contributed by atoms with Gasteiger partial charge in [-0.3, -0.25) is 5.43 Å². The number of hydrogen-bond acceptors (Lipinski definition) is 7. The zero-order chi connectivity index (χ0) is 18.6. The number of anilines is 2. The van der Waals surface area contributed by atoms with Gasteiger partial charge in [0.1, 0.15) is 18.1 Å². The molecule has 0 atom stereocenters. The van der Waals surface area contributed by atoms with Gasteiger partial charge in [-0.15, -0.1) is 4.83 Å². The van der Waals surface area contributed by atoms with E-state index in [2.05, 4.69) is 20.2 Å². The molecule has 0 saturated heterocycles. The number of nitrogens with one attached hydrogen (secondary N) is 2. The molecule has 1 aromatic carbocycles. The minimum Gasteiger partial charge on any atom is -0.473 e. The van der Waals surface area contributed by atoms with Crippen molar-refractivity contribution in [3.8, 4) is 5.88 Å². The van der Waals surface area contributed by atoms with E-state index in [4.69, 9.17) is 10.5 Å². The summed E-state index contributed by atoms with van der Waals surface area (Å²) in [6.07, 6.45) is 6.76. The van der Waals surface area contributed by atoms with Crippen LogP contribution in [0.15, 0.2) is 35.5 Å². The normalized spacial score (nSPS) is 15.6. The van der Waals surface area contributed by atoms with E-state index in [1.165, 1.54) is 24.9 Å². The fourth-order valence-electron chi connectivity index (χ4n) is 2.81. The SMILES string of the molecule is Cc1ccc(S(=O)(=O)NNc2ncnc(OC3CCCCC3)c2N)cc1. The number of rotatable bonds is 6. The fourth-order valence-corrected chi connectivity index (χ4v) is 3.65. The van der Waals surface area contributed by atoms with Gasteiger partial charge in [0.2, 0.25) is 5.88 Å². The highest BCUT2D eigenvalue weighted by Crippen LogP contribution is 2.28. The Balaban J connectivity index is 1.69. The van der Waals surface area contributed by atoms with Gasteiger partial charge in [-0.2, -0.15) is 4.98 Å². The van der Waals surface area contributed by atoms with Crippen LogP contribution in [0.25, 0.3) is 0 Å². The molecule has 1 fully saturated rings. The number of aryl methyl sites for hydroxylation is 1. The maximum Gasteiger partial charge on any atom is 0.257 e. The summed E-state index contributed by atoms with van der Waals surface area (Å²) in [6, 6.07) is 6.51. The first kappa shape index (κ1) is 18.4. The van der Waals surface area contributed by atoms with E-state index < -0.39 is 10.0 Å². The quantitative estimate of drug-likeness (QED) is 0.661. The Morgan fingerprint density at radius 3 is 2.50 bits per heavy atom. The molecule has 0 amide bonds. The molecular weight excluding hydrogens is 354 g/mol. The van der Waals surface area contributed by atoms with Gasteiger partial charge < -0.3 is 10.5 Å². The highest BCUT2D eigenvalue weighted by molar-refractivity contribution is 7.89. The Hall–Kier alpha value is -2.39. The summed E-state index contributed by atoms with van der Waals surface area (Å²) >= 11 is 0. The van der Waals surface area contributed by atoms with E-state index >= 15 is 0 Å². The van der Waals surface area contributed by atoms with Crippen LogP contribution in [0.1, 0.15) is 37.7 Å². The molecule has 3 rings (SSSR count). The maximum absolute atomic E-state index is 12.3. The van der Waals surface area contributed by atoms with E-state index in [-0.39, 0.29) is 28.4 Å². The van der Waals surface area contributed by atoms with Gasteiger partial charge >= 0.3 is 0 Å². The molecule has 0 spiro atoms. The number of nitrogens with two attached hydrogens (primary N) is 1. The molecule has 8 nitrogen and oxygen atoms in total. The van der Waals surface area contributed by atoms with Crippen molar-refractivity contribution in [1.29, 1.82) is 0 Å². The van der Waals surface area contributed by atoms with Crippen molar-refractivity contribution in [1.82, 2.24) is 14.8 Å². The Morgan fingerprint density at radius 2 is 1.81 bits per heavy atom. The third-order valence-electron chi connectivity index (χ3n) is 4.31. The lowest BCUT2D eigenvalue weighted by molar-refractivity contribution is 0.149. The van der Waals surface area contributed by atoms with Gasteiger partial charge in [0.25, 0.3) is 10.0 Å². The molecule has 0 radical (unpaired) electrons. The highest BCUT2D eigenvalue weighted by Gasteiger charge is 2.19. The van der Waals surface area contributed by atoms with Crippen LogP contribution in [0.2, 0.25) is 0 Å². The summed E-state index contributed by atoms with van der Waals surface area (Å²) < 4.78 is 30.5. The number of sulfonamides is 1. The predicted octanol–water partition coefficient (Wildman–Crippen LogP) is 2.38. The van der Waals surface area contributed by atoms with Crippen molar-refractivity contribution in [2.45, 2.75) is 50.0 Å². The van der Waals surface area contributed by atoms with Gasteiger partial charge in [-0.1, -0.05) is 24.1 Å². The Labute approximate surface area is 153 Å². The van der Waals surface area contributed by atoms with E-state index in [1.54, 1.807) is 12.1 Å². The Kier molecular flexibility index (Phi) is 5.58. The summed E-state index contributed by atoms with van der Waals surface area (Å²) in [6.45, 7) is 1.89. The maximum atomic E-state index is 12.3. The standard InChI is InChI=1S/C17H23N5O3S/c1-12-7-9-14(10-8-12)26(23,24)22-21-16-15(18)17(20-11-19-16)25-13-5-3-2-4-6-13/h7-11,13,22H,2-6,18H2,1H3,(H,19,20,21). The third-order valence-corrected chi connectivity index (χ3v) is 5.58. The number of nitrogens with zero attached hydrogens (tertiary/aromatic N) is 2. The molecule has 1 aliphatic rings. The molecule has 2 aromatic rings. The average molecular weight is 377 g/mol. The first-order valence-corrected chi connectivity index (χ1v) is 10.1. The van der Waals surface area contributed by atoms with Gasteiger partial charge in [-0.25, -0.2) is 13.4 Å². The second kappa shape index (κ2) is 7.88. The molecule has 26 heavy (non-hydrogen) atoms. The minimum atomic E-state index is -3.75. The van der Waals surface area contributed by atoms with Gasteiger partial charge in [0, 0.05) is 0 Å². The summed E-state index contributed by atoms with van der Waals surface area (Å²) in [5, 5.41) is 0. The molecule has 1 aliphatic carbocycles. The van der Waals surface area contributed by atoms with Crippen molar-refractivity contribution >= 4 is 21.5 Å². The molecule has 1 aromatic heterocycles. The van der Waals surface area contributed by atoms with E-state index in [9.17, 15) is 8.42 Å². The average Bonchev–Trinajstić information content (AvgIpc) is 2.64. The monoisotopic (exact) mass is 377 g/mol. The van der Waals surface area contributed by atoms with Crippen molar-refractivity contribution in [3.63, 3.8) is 0 Å². The zero-order valence-corrected chi connectivity index (χ0v) is 15.4. The lowest BCUT2D eigenvalue weighted by Gasteiger charge is -2.23. The van der Waals surface area contributed by atoms with Crippen LogP contribution >= 0.6 is 0 Å². The second-order valence-corrected chi connectivity index (χ2v) is 8.04. The first-order chi connectivity index (χ1) is 12.5. The van der Waals surface area contributed by atoms with Crippen LogP contribution in [0.3, 0.4) is 0 Å². The molecule has 0 aliphatic heterocycles. The predicted molar refractivity (Wildman–Crippen MR) is 99.1 cm³/mol. The number of ether oxygens (including phenoxy) is 1. The molecule has 1 heterocycles. The number of nitrogen functional groups attached to an aromatic ring is 1. The Bertz CT molecular complexity index is 849. The van der Waals surface area contributed by atoms with Crippen molar-refractivity contribution in [3.05, 3.63) is 36.2 Å². The molecule has 1 saturated carbocycles. The summed E-state index contributed by atoms with van der Waals surface area (Å²) in [5.41, 5.74) is 9.74.